The van der Waals surface area contributed by atoms with E-state index in [2.05, 4.69) is 0 Å². The first kappa shape index (κ1) is 11.5. The molecule has 0 bridgehead atoms. The van der Waals surface area contributed by atoms with Crippen LogP contribution < -0.4 is 9.62 Å². The fraction of sp³-hybridized carbons (Fsp3) is 0.364. The monoisotopic (exact) mass is 210 g/mol. The molecular weight excluding hydrogens is 196 g/mol. The number of rotatable bonds is 5. The Balaban J connectivity index is 2.45. The van der Waals surface area contributed by atoms with E-state index in [0.29, 0.717) is 18.1 Å². The van der Waals surface area contributed by atoms with Gasteiger partial charge in [-0.05, 0) is 30.7 Å². The third kappa shape index (κ3) is 4.46. The van der Waals surface area contributed by atoms with Crippen molar-refractivity contribution < 1.29 is 19.3 Å². The largest absolute Gasteiger partial charge is 0.427 e. The molecule has 0 fully saturated rings. The standard InChI is InChI=1S/C11H14O4/c1-3-8-13-15-11-6-4-10(5-7-11)14-9(2)12/h4-7H,3,8H2,1-2H3. The van der Waals surface area contributed by atoms with Crippen molar-refractivity contribution in [1.82, 2.24) is 0 Å². The van der Waals surface area contributed by atoms with Crippen LogP contribution in [0.25, 0.3) is 0 Å². The van der Waals surface area contributed by atoms with E-state index in [1.165, 1.54) is 6.92 Å². The smallest absolute Gasteiger partial charge is 0.308 e. The van der Waals surface area contributed by atoms with Gasteiger partial charge in [0.15, 0.2) is 5.75 Å². The maximum absolute atomic E-state index is 10.6. The van der Waals surface area contributed by atoms with Gasteiger partial charge >= 0.3 is 5.97 Å². The van der Waals surface area contributed by atoms with Gasteiger partial charge in [-0.1, -0.05) is 6.92 Å². The van der Waals surface area contributed by atoms with Crippen molar-refractivity contribution >= 4 is 5.97 Å². The third-order valence-electron chi connectivity index (χ3n) is 1.53. The first-order valence-corrected chi connectivity index (χ1v) is 4.80. The second-order valence-corrected chi connectivity index (χ2v) is 2.97. The molecule has 0 aliphatic carbocycles. The van der Waals surface area contributed by atoms with Gasteiger partial charge < -0.3 is 9.62 Å². The van der Waals surface area contributed by atoms with Gasteiger partial charge in [0, 0.05) is 6.92 Å². The first-order chi connectivity index (χ1) is 7.22. The van der Waals surface area contributed by atoms with Crippen LogP contribution in [0.2, 0.25) is 0 Å². The highest BCUT2D eigenvalue weighted by atomic mass is 17.2. The molecule has 0 atom stereocenters. The molecule has 0 saturated carbocycles. The lowest BCUT2D eigenvalue weighted by atomic mass is 10.3. The van der Waals surface area contributed by atoms with Gasteiger partial charge in [0.25, 0.3) is 0 Å². The minimum Gasteiger partial charge on any atom is -0.427 e. The molecule has 1 aromatic rings. The highest BCUT2D eigenvalue weighted by Gasteiger charge is 1.99. The van der Waals surface area contributed by atoms with E-state index in [9.17, 15) is 4.79 Å². The van der Waals surface area contributed by atoms with Gasteiger partial charge in [0.1, 0.15) is 5.75 Å². The first-order valence-electron chi connectivity index (χ1n) is 4.80. The Morgan fingerprint density at radius 2 is 1.80 bits per heavy atom. The van der Waals surface area contributed by atoms with E-state index in [1.807, 2.05) is 6.92 Å². The predicted octanol–water partition coefficient (Wildman–Crippen LogP) is 2.33. The van der Waals surface area contributed by atoms with Crippen molar-refractivity contribution in [3.05, 3.63) is 24.3 Å². The maximum atomic E-state index is 10.6. The van der Waals surface area contributed by atoms with E-state index < -0.39 is 0 Å². The predicted molar refractivity (Wildman–Crippen MR) is 54.6 cm³/mol. The van der Waals surface area contributed by atoms with Gasteiger partial charge in [-0.3, -0.25) is 4.79 Å². The lowest BCUT2D eigenvalue weighted by Gasteiger charge is -2.04. The number of benzene rings is 1. The van der Waals surface area contributed by atoms with Crippen LogP contribution in [0, 0.1) is 0 Å². The maximum Gasteiger partial charge on any atom is 0.308 e. The SMILES string of the molecule is CCCOOc1ccc(OC(C)=O)cc1. The van der Waals surface area contributed by atoms with Gasteiger partial charge in [-0.25, -0.2) is 0 Å². The molecule has 15 heavy (non-hydrogen) atoms. The van der Waals surface area contributed by atoms with E-state index in [-0.39, 0.29) is 5.97 Å². The molecule has 0 aromatic heterocycles. The second kappa shape index (κ2) is 6.03. The van der Waals surface area contributed by atoms with E-state index in [0.717, 1.165) is 6.42 Å². The average Bonchev–Trinajstić information content (AvgIpc) is 2.20. The fourth-order valence-corrected chi connectivity index (χ4v) is 0.922. The van der Waals surface area contributed by atoms with Crippen LogP contribution in [0.15, 0.2) is 24.3 Å². The summed E-state index contributed by atoms with van der Waals surface area (Å²) in [4.78, 5) is 20.5. The fourth-order valence-electron chi connectivity index (χ4n) is 0.922. The van der Waals surface area contributed by atoms with Crippen LogP contribution >= 0.6 is 0 Å². The van der Waals surface area contributed by atoms with Crippen molar-refractivity contribution in [2.24, 2.45) is 0 Å². The number of ether oxygens (including phenoxy) is 1. The number of esters is 1. The molecular formula is C11H14O4. The molecule has 1 aromatic carbocycles. The third-order valence-corrected chi connectivity index (χ3v) is 1.53. The lowest BCUT2D eigenvalue weighted by Crippen LogP contribution is -2.01. The van der Waals surface area contributed by atoms with E-state index in [4.69, 9.17) is 14.5 Å². The molecule has 0 heterocycles. The summed E-state index contributed by atoms with van der Waals surface area (Å²) >= 11 is 0. The highest BCUT2D eigenvalue weighted by Crippen LogP contribution is 2.17. The minimum atomic E-state index is -0.342. The molecule has 0 aliphatic heterocycles. The van der Waals surface area contributed by atoms with Crippen LogP contribution in [-0.2, 0) is 9.68 Å². The Morgan fingerprint density at radius 1 is 1.20 bits per heavy atom. The van der Waals surface area contributed by atoms with Gasteiger partial charge in [-0.2, -0.15) is 4.89 Å². The Hall–Kier alpha value is -1.55. The minimum absolute atomic E-state index is 0.342. The van der Waals surface area contributed by atoms with Gasteiger partial charge in [0.05, 0.1) is 6.61 Å². The molecule has 0 unspecified atom stereocenters. The van der Waals surface area contributed by atoms with Gasteiger partial charge in [-0.15, -0.1) is 0 Å². The Kier molecular flexibility index (Phi) is 4.63. The summed E-state index contributed by atoms with van der Waals surface area (Å²) in [6, 6.07) is 6.64. The molecule has 0 aliphatic rings. The number of carbonyl (C=O) groups is 1. The number of hydrogen-bond acceptors (Lipinski definition) is 4. The normalized spacial score (nSPS) is 9.73. The van der Waals surface area contributed by atoms with Crippen molar-refractivity contribution in [3.8, 4) is 11.5 Å². The summed E-state index contributed by atoms with van der Waals surface area (Å²) in [5.41, 5.74) is 0. The summed E-state index contributed by atoms with van der Waals surface area (Å²) < 4.78 is 4.86. The topological polar surface area (TPSA) is 44.8 Å². The molecule has 0 radical (unpaired) electrons. The molecule has 0 saturated heterocycles. The van der Waals surface area contributed by atoms with Crippen LogP contribution in [0.5, 0.6) is 11.5 Å². The number of carbonyl (C=O) groups excluding carboxylic acids is 1. The zero-order chi connectivity index (χ0) is 11.1. The van der Waals surface area contributed by atoms with Crippen LogP contribution in [0.3, 0.4) is 0 Å². The van der Waals surface area contributed by atoms with Crippen LogP contribution in [-0.4, -0.2) is 12.6 Å². The summed E-state index contributed by atoms with van der Waals surface area (Å²) in [5.74, 6) is 0.732. The Bertz CT molecular complexity index is 305. The number of hydrogen-bond donors (Lipinski definition) is 0. The molecule has 82 valence electrons. The molecule has 1 rings (SSSR count). The quantitative estimate of drug-likeness (QED) is 0.246. The Morgan fingerprint density at radius 3 is 2.33 bits per heavy atom. The van der Waals surface area contributed by atoms with E-state index in [1.54, 1.807) is 24.3 Å². The van der Waals surface area contributed by atoms with Crippen molar-refractivity contribution in [2.45, 2.75) is 20.3 Å². The molecule has 4 heteroatoms. The summed E-state index contributed by atoms with van der Waals surface area (Å²) in [7, 11) is 0. The second-order valence-electron chi connectivity index (χ2n) is 2.97. The molecule has 0 amide bonds. The van der Waals surface area contributed by atoms with Crippen molar-refractivity contribution in [3.63, 3.8) is 0 Å². The average molecular weight is 210 g/mol. The Labute approximate surface area is 88.7 Å². The van der Waals surface area contributed by atoms with E-state index >= 15 is 0 Å². The summed E-state index contributed by atoms with van der Waals surface area (Å²) in [6.07, 6.45) is 0.894. The van der Waals surface area contributed by atoms with Crippen LogP contribution in [0.4, 0.5) is 0 Å². The van der Waals surface area contributed by atoms with Crippen molar-refractivity contribution in [1.29, 1.82) is 0 Å². The summed E-state index contributed by atoms with van der Waals surface area (Å²) in [5, 5.41) is 0. The molecule has 4 nitrogen and oxygen atoms in total. The highest BCUT2D eigenvalue weighted by molar-refractivity contribution is 5.69. The van der Waals surface area contributed by atoms with Gasteiger partial charge in [0.2, 0.25) is 0 Å². The molecule has 0 N–H and O–H groups in total. The lowest BCUT2D eigenvalue weighted by molar-refractivity contribution is -0.206. The zero-order valence-electron chi connectivity index (χ0n) is 8.86. The van der Waals surface area contributed by atoms with Crippen LogP contribution in [0.1, 0.15) is 20.3 Å². The van der Waals surface area contributed by atoms with Crippen molar-refractivity contribution in [2.75, 3.05) is 6.61 Å². The summed E-state index contributed by atoms with van der Waals surface area (Å²) in [6.45, 7) is 3.90. The zero-order valence-corrected chi connectivity index (χ0v) is 8.86. The molecule has 0 spiro atoms.